The van der Waals surface area contributed by atoms with Gasteiger partial charge in [-0.25, -0.2) is 0 Å². The summed E-state index contributed by atoms with van der Waals surface area (Å²) >= 11 is 0. The highest BCUT2D eigenvalue weighted by molar-refractivity contribution is 5.92. The summed E-state index contributed by atoms with van der Waals surface area (Å²) in [6.07, 6.45) is 1.88. The number of carbonyl (C=O) groups excluding carboxylic acids is 1. The third-order valence-electron chi connectivity index (χ3n) is 4.44. The Bertz CT molecular complexity index is 305. The van der Waals surface area contributed by atoms with Gasteiger partial charge in [0, 0.05) is 25.6 Å². The molecule has 4 nitrogen and oxygen atoms in total. The molecule has 0 aromatic rings. The number of fused-ring (bicyclic) bond motifs is 3. The number of carbonyl (C=O) groups is 1. The smallest absolute Gasteiger partial charge is 0.161 e. The average molecular weight is 241 g/mol. The summed E-state index contributed by atoms with van der Waals surface area (Å²) in [5, 5.41) is 9.72. The molecule has 0 aliphatic carbocycles. The standard InChI is InChI=1S/C13H23NO3/c1-9(2)11-6-10-4-5-14(11)13(7-15,8-17-3)12(10)16/h9-11,15H,4-8H2,1-3H3/t10-,11-,13+/m0/s1. The van der Waals surface area contributed by atoms with E-state index < -0.39 is 5.54 Å². The van der Waals surface area contributed by atoms with Crippen LogP contribution in [0.5, 0.6) is 0 Å². The molecule has 3 rings (SSSR count). The van der Waals surface area contributed by atoms with E-state index in [0.717, 1.165) is 19.4 Å². The van der Waals surface area contributed by atoms with Crippen molar-refractivity contribution in [1.29, 1.82) is 0 Å². The molecule has 4 heteroatoms. The molecule has 0 aromatic heterocycles. The van der Waals surface area contributed by atoms with Crippen LogP contribution in [0.1, 0.15) is 26.7 Å². The molecule has 2 bridgehead atoms. The number of Topliss-reactive ketones (excluding diaryl/α,β-unsaturated/α-hetero) is 1. The molecule has 1 N–H and O–H groups in total. The van der Waals surface area contributed by atoms with Crippen LogP contribution in [0.2, 0.25) is 0 Å². The van der Waals surface area contributed by atoms with Gasteiger partial charge in [0.25, 0.3) is 0 Å². The van der Waals surface area contributed by atoms with Crippen molar-refractivity contribution in [3.05, 3.63) is 0 Å². The van der Waals surface area contributed by atoms with Gasteiger partial charge in [0.1, 0.15) is 5.54 Å². The first-order valence-corrected chi connectivity index (χ1v) is 6.47. The number of hydrogen-bond acceptors (Lipinski definition) is 4. The van der Waals surface area contributed by atoms with Gasteiger partial charge in [-0.1, -0.05) is 13.8 Å². The second-order valence-corrected chi connectivity index (χ2v) is 5.71. The molecular weight excluding hydrogens is 218 g/mol. The van der Waals surface area contributed by atoms with E-state index in [1.54, 1.807) is 7.11 Å². The summed E-state index contributed by atoms with van der Waals surface area (Å²) in [4.78, 5) is 14.6. The maximum Gasteiger partial charge on any atom is 0.161 e. The van der Waals surface area contributed by atoms with Crippen molar-refractivity contribution >= 4 is 5.78 Å². The van der Waals surface area contributed by atoms with Crippen LogP contribution in [0.25, 0.3) is 0 Å². The van der Waals surface area contributed by atoms with E-state index >= 15 is 0 Å². The zero-order valence-electron chi connectivity index (χ0n) is 11.0. The summed E-state index contributed by atoms with van der Waals surface area (Å²) in [5.74, 6) is 0.813. The number of aliphatic hydroxyl groups is 1. The van der Waals surface area contributed by atoms with Crippen LogP contribution in [0.3, 0.4) is 0 Å². The first-order chi connectivity index (χ1) is 8.06. The first kappa shape index (κ1) is 13.0. The number of hydrogen-bond donors (Lipinski definition) is 1. The van der Waals surface area contributed by atoms with Crippen LogP contribution < -0.4 is 0 Å². The fourth-order valence-corrected chi connectivity index (χ4v) is 3.53. The largest absolute Gasteiger partial charge is 0.394 e. The van der Waals surface area contributed by atoms with E-state index in [1.165, 1.54) is 0 Å². The number of ether oxygens (including phenoxy) is 1. The highest BCUT2D eigenvalue weighted by Crippen LogP contribution is 2.42. The summed E-state index contributed by atoms with van der Waals surface area (Å²) in [6.45, 7) is 5.46. The molecule has 0 radical (unpaired) electrons. The van der Waals surface area contributed by atoms with E-state index in [9.17, 15) is 9.90 Å². The summed E-state index contributed by atoms with van der Waals surface area (Å²) in [5.41, 5.74) is -0.773. The maximum absolute atomic E-state index is 12.4. The Morgan fingerprint density at radius 2 is 2.29 bits per heavy atom. The van der Waals surface area contributed by atoms with Crippen molar-refractivity contribution in [3.63, 3.8) is 0 Å². The lowest BCUT2D eigenvalue weighted by Gasteiger charge is -2.57. The zero-order chi connectivity index (χ0) is 12.6. The number of ketones is 1. The molecule has 0 saturated carbocycles. The minimum atomic E-state index is -0.773. The van der Waals surface area contributed by atoms with Crippen LogP contribution in [0.4, 0.5) is 0 Å². The summed E-state index contributed by atoms with van der Waals surface area (Å²) in [7, 11) is 1.60. The fourth-order valence-electron chi connectivity index (χ4n) is 3.53. The number of methoxy groups -OCH3 is 1. The second-order valence-electron chi connectivity index (χ2n) is 5.71. The Labute approximate surface area is 103 Å². The topological polar surface area (TPSA) is 49.8 Å². The third-order valence-corrected chi connectivity index (χ3v) is 4.44. The van der Waals surface area contributed by atoms with Crippen molar-refractivity contribution < 1.29 is 14.6 Å². The molecule has 0 spiro atoms. The molecule has 3 aliphatic heterocycles. The Hall–Kier alpha value is -0.450. The van der Waals surface area contributed by atoms with Crippen LogP contribution in [0, 0.1) is 11.8 Å². The summed E-state index contributed by atoms with van der Waals surface area (Å²) < 4.78 is 5.20. The molecule has 98 valence electrons. The van der Waals surface area contributed by atoms with Gasteiger partial charge in [0.2, 0.25) is 0 Å². The van der Waals surface area contributed by atoms with Gasteiger partial charge >= 0.3 is 0 Å². The van der Waals surface area contributed by atoms with Gasteiger partial charge in [-0.15, -0.1) is 0 Å². The van der Waals surface area contributed by atoms with E-state index in [1.807, 2.05) is 0 Å². The van der Waals surface area contributed by atoms with Gasteiger partial charge in [0.05, 0.1) is 13.2 Å². The molecule has 17 heavy (non-hydrogen) atoms. The van der Waals surface area contributed by atoms with Crippen LogP contribution in [0.15, 0.2) is 0 Å². The second kappa shape index (κ2) is 4.67. The number of rotatable bonds is 4. The van der Waals surface area contributed by atoms with Crippen molar-refractivity contribution in [2.75, 3.05) is 26.9 Å². The molecule has 1 unspecified atom stereocenters. The quantitative estimate of drug-likeness (QED) is 0.786. The molecule has 4 atom stereocenters. The van der Waals surface area contributed by atoms with E-state index in [-0.39, 0.29) is 18.3 Å². The van der Waals surface area contributed by atoms with Gasteiger partial charge in [-0.3, -0.25) is 9.69 Å². The lowest BCUT2D eigenvalue weighted by Crippen LogP contribution is -2.72. The first-order valence-electron chi connectivity index (χ1n) is 6.47. The third kappa shape index (κ3) is 1.83. The maximum atomic E-state index is 12.4. The van der Waals surface area contributed by atoms with E-state index in [2.05, 4.69) is 18.7 Å². The molecule has 3 saturated heterocycles. The van der Waals surface area contributed by atoms with Crippen molar-refractivity contribution in [1.82, 2.24) is 4.90 Å². The minimum absolute atomic E-state index is 0.120. The predicted molar refractivity (Wildman–Crippen MR) is 64.8 cm³/mol. The number of piperidine rings is 3. The Balaban J connectivity index is 2.33. The van der Waals surface area contributed by atoms with Gasteiger partial charge < -0.3 is 9.84 Å². The van der Waals surface area contributed by atoms with Crippen LogP contribution in [-0.4, -0.2) is 54.2 Å². The van der Waals surface area contributed by atoms with Gasteiger partial charge in [-0.05, 0) is 18.8 Å². The van der Waals surface area contributed by atoms with Crippen LogP contribution >= 0.6 is 0 Å². The Kier molecular flexibility index (Phi) is 3.57. The highest BCUT2D eigenvalue weighted by Gasteiger charge is 2.56. The van der Waals surface area contributed by atoms with Crippen LogP contribution in [-0.2, 0) is 9.53 Å². The molecule has 3 heterocycles. The van der Waals surface area contributed by atoms with Crippen molar-refractivity contribution in [2.45, 2.75) is 38.3 Å². The van der Waals surface area contributed by atoms with Gasteiger partial charge in [-0.2, -0.15) is 0 Å². The minimum Gasteiger partial charge on any atom is -0.394 e. The highest BCUT2D eigenvalue weighted by atomic mass is 16.5. The van der Waals surface area contributed by atoms with Crippen molar-refractivity contribution in [2.24, 2.45) is 11.8 Å². The molecule has 3 aliphatic rings. The SMILES string of the molecule is COC[C@]1(CO)C(=O)[C@H]2CCN1[C@H](C(C)C)C2. The van der Waals surface area contributed by atoms with E-state index in [4.69, 9.17) is 4.74 Å². The van der Waals surface area contributed by atoms with E-state index in [0.29, 0.717) is 18.6 Å². The number of nitrogens with zero attached hydrogens (tertiary/aromatic N) is 1. The normalized spacial score (nSPS) is 41.2. The predicted octanol–water partition coefficient (Wildman–Crippen LogP) is 0.683. The lowest BCUT2D eigenvalue weighted by molar-refractivity contribution is -0.168. The monoisotopic (exact) mass is 241 g/mol. The Morgan fingerprint density at radius 3 is 2.82 bits per heavy atom. The lowest BCUT2D eigenvalue weighted by atomic mass is 9.69. The fraction of sp³-hybridized carbons (Fsp3) is 0.923. The zero-order valence-corrected chi connectivity index (χ0v) is 11.0. The average Bonchev–Trinajstić information content (AvgIpc) is 2.33. The number of aliphatic hydroxyl groups excluding tert-OH is 1. The molecule has 0 amide bonds. The molecular formula is C13H23NO3. The van der Waals surface area contributed by atoms with Gasteiger partial charge in [0.15, 0.2) is 5.78 Å². The Morgan fingerprint density at radius 1 is 1.59 bits per heavy atom. The van der Waals surface area contributed by atoms with Crippen molar-refractivity contribution in [3.8, 4) is 0 Å². The molecule has 0 aromatic carbocycles. The summed E-state index contributed by atoms with van der Waals surface area (Å²) in [6, 6.07) is 0.397. The molecule has 3 fully saturated rings.